The van der Waals surface area contributed by atoms with Crippen LogP contribution in [0.25, 0.3) is 0 Å². The van der Waals surface area contributed by atoms with Gasteiger partial charge in [-0.15, -0.1) is 0 Å². The number of nitrogens with one attached hydrogen (secondary N) is 1. The second-order valence-corrected chi connectivity index (χ2v) is 9.65. The standard InChI is InChI=1S/C13H19NO5S2/c1-13(5-6-20(16,17)10-13)14-21(18,19)9-12-4-2-3-11(7-12)8-15/h2-4,7,14-15H,5-6,8-10H2,1H3. The zero-order valence-electron chi connectivity index (χ0n) is 11.7. The molecule has 1 aliphatic heterocycles. The van der Waals surface area contributed by atoms with E-state index in [9.17, 15) is 16.8 Å². The Morgan fingerprint density at radius 2 is 2.00 bits per heavy atom. The van der Waals surface area contributed by atoms with Crippen LogP contribution < -0.4 is 4.72 Å². The molecule has 1 aromatic rings. The first kappa shape index (κ1) is 16.4. The molecule has 0 aromatic heterocycles. The Labute approximate surface area is 125 Å². The van der Waals surface area contributed by atoms with Gasteiger partial charge in [0.1, 0.15) is 0 Å². The summed E-state index contributed by atoms with van der Waals surface area (Å²) in [6.07, 6.45) is 0.283. The molecule has 2 rings (SSSR count). The van der Waals surface area contributed by atoms with Gasteiger partial charge in [0.2, 0.25) is 10.0 Å². The topological polar surface area (TPSA) is 101 Å². The normalized spacial score (nSPS) is 25.0. The molecular weight excluding hydrogens is 314 g/mol. The van der Waals surface area contributed by atoms with E-state index in [1.807, 2.05) is 0 Å². The maximum atomic E-state index is 12.2. The Bertz CT molecular complexity index is 727. The summed E-state index contributed by atoms with van der Waals surface area (Å²) in [7, 11) is -6.82. The van der Waals surface area contributed by atoms with Gasteiger partial charge in [-0.3, -0.25) is 0 Å². The van der Waals surface area contributed by atoms with Crippen LogP contribution in [0.3, 0.4) is 0 Å². The minimum Gasteiger partial charge on any atom is -0.392 e. The molecule has 1 aromatic carbocycles. The highest BCUT2D eigenvalue weighted by molar-refractivity contribution is 7.92. The molecule has 1 aliphatic rings. The van der Waals surface area contributed by atoms with E-state index in [1.54, 1.807) is 31.2 Å². The number of rotatable bonds is 5. The number of sulfone groups is 1. The third-order valence-corrected chi connectivity index (χ3v) is 6.86. The summed E-state index contributed by atoms with van der Waals surface area (Å²) in [6.45, 7) is 1.45. The lowest BCUT2D eigenvalue weighted by Gasteiger charge is -2.23. The highest BCUT2D eigenvalue weighted by atomic mass is 32.2. The Hall–Kier alpha value is -0.960. The molecule has 1 atom stereocenters. The molecule has 0 saturated carbocycles. The number of sulfonamides is 1. The fourth-order valence-electron chi connectivity index (χ4n) is 2.54. The van der Waals surface area contributed by atoms with E-state index in [0.29, 0.717) is 11.1 Å². The van der Waals surface area contributed by atoms with E-state index in [1.165, 1.54) is 0 Å². The van der Waals surface area contributed by atoms with Gasteiger partial charge in [0, 0.05) is 5.54 Å². The predicted octanol–water partition coefficient (Wildman–Crippen LogP) is 0.176. The molecule has 1 heterocycles. The van der Waals surface area contributed by atoms with Crippen molar-refractivity contribution in [3.63, 3.8) is 0 Å². The summed E-state index contributed by atoms with van der Waals surface area (Å²) in [5.74, 6) is -0.404. The number of hydrogen-bond donors (Lipinski definition) is 2. The molecule has 0 radical (unpaired) electrons. The second-order valence-electron chi connectivity index (χ2n) is 5.74. The van der Waals surface area contributed by atoms with Crippen molar-refractivity contribution in [2.75, 3.05) is 11.5 Å². The lowest BCUT2D eigenvalue weighted by atomic mass is 10.0. The zero-order valence-corrected chi connectivity index (χ0v) is 13.4. The molecule has 8 heteroatoms. The quantitative estimate of drug-likeness (QED) is 0.800. The highest BCUT2D eigenvalue weighted by Gasteiger charge is 2.40. The Morgan fingerprint density at radius 1 is 1.33 bits per heavy atom. The van der Waals surface area contributed by atoms with Crippen LogP contribution in [0.15, 0.2) is 24.3 Å². The smallest absolute Gasteiger partial charge is 0.216 e. The predicted molar refractivity (Wildman–Crippen MR) is 79.8 cm³/mol. The minimum absolute atomic E-state index is 0.00597. The minimum atomic E-state index is -3.65. The monoisotopic (exact) mass is 333 g/mol. The van der Waals surface area contributed by atoms with Crippen LogP contribution >= 0.6 is 0 Å². The van der Waals surface area contributed by atoms with Gasteiger partial charge in [-0.25, -0.2) is 21.6 Å². The van der Waals surface area contributed by atoms with Crippen LogP contribution in [0, 0.1) is 0 Å². The SMILES string of the molecule is CC1(NS(=O)(=O)Cc2cccc(CO)c2)CCS(=O)(=O)C1. The van der Waals surface area contributed by atoms with Crippen molar-refractivity contribution in [3.05, 3.63) is 35.4 Å². The molecule has 6 nitrogen and oxygen atoms in total. The lowest BCUT2D eigenvalue weighted by Crippen LogP contribution is -2.47. The Kier molecular flexibility index (Phi) is 4.44. The fourth-order valence-corrected chi connectivity index (χ4v) is 6.34. The summed E-state index contributed by atoms with van der Waals surface area (Å²) in [4.78, 5) is 0. The molecule has 2 N–H and O–H groups in total. The van der Waals surface area contributed by atoms with Crippen LogP contribution in [0.1, 0.15) is 24.5 Å². The van der Waals surface area contributed by atoms with Crippen LogP contribution in [0.2, 0.25) is 0 Å². The Morgan fingerprint density at radius 3 is 2.57 bits per heavy atom. The molecule has 1 fully saturated rings. The van der Waals surface area contributed by atoms with Gasteiger partial charge in [0.05, 0.1) is 23.9 Å². The van der Waals surface area contributed by atoms with Crippen LogP contribution in [0.5, 0.6) is 0 Å². The van der Waals surface area contributed by atoms with Gasteiger partial charge in [-0.2, -0.15) is 0 Å². The molecule has 0 bridgehead atoms. The summed E-state index contributed by atoms with van der Waals surface area (Å²) in [6, 6.07) is 6.66. The van der Waals surface area contributed by atoms with Crippen molar-refractivity contribution in [1.29, 1.82) is 0 Å². The Balaban J connectivity index is 2.12. The summed E-state index contributed by atoms with van der Waals surface area (Å²) in [5.41, 5.74) is 0.252. The van der Waals surface area contributed by atoms with Crippen LogP contribution in [-0.4, -0.2) is 39.0 Å². The fraction of sp³-hybridized carbons (Fsp3) is 0.538. The third-order valence-electron chi connectivity index (χ3n) is 3.44. The van der Waals surface area contributed by atoms with Crippen LogP contribution in [-0.2, 0) is 32.2 Å². The van der Waals surface area contributed by atoms with Crippen molar-refractivity contribution in [2.45, 2.75) is 31.2 Å². The maximum Gasteiger partial charge on any atom is 0.216 e. The molecule has 0 aliphatic carbocycles. The summed E-state index contributed by atoms with van der Waals surface area (Å²) >= 11 is 0. The number of benzene rings is 1. The zero-order chi connectivity index (χ0) is 15.7. The van der Waals surface area contributed by atoms with Crippen LogP contribution in [0.4, 0.5) is 0 Å². The lowest BCUT2D eigenvalue weighted by molar-refractivity contribution is 0.281. The van der Waals surface area contributed by atoms with Crippen molar-refractivity contribution in [3.8, 4) is 0 Å². The van der Waals surface area contributed by atoms with Gasteiger partial charge < -0.3 is 5.11 Å². The summed E-state index contributed by atoms with van der Waals surface area (Å²) < 4.78 is 49.9. The molecule has 1 saturated heterocycles. The van der Waals surface area contributed by atoms with Gasteiger partial charge in [-0.05, 0) is 24.5 Å². The molecule has 0 spiro atoms. The van der Waals surface area contributed by atoms with E-state index in [0.717, 1.165) is 0 Å². The van der Waals surface area contributed by atoms with E-state index in [4.69, 9.17) is 5.11 Å². The van der Waals surface area contributed by atoms with Gasteiger partial charge in [-0.1, -0.05) is 24.3 Å². The molecule has 0 amide bonds. The van der Waals surface area contributed by atoms with E-state index in [2.05, 4.69) is 4.72 Å². The van der Waals surface area contributed by atoms with Gasteiger partial charge >= 0.3 is 0 Å². The summed E-state index contributed by atoms with van der Waals surface area (Å²) in [5, 5.41) is 9.06. The average molecular weight is 333 g/mol. The molecule has 1 unspecified atom stereocenters. The van der Waals surface area contributed by atoms with Crippen molar-refractivity contribution < 1.29 is 21.9 Å². The molecular formula is C13H19NO5S2. The highest BCUT2D eigenvalue weighted by Crippen LogP contribution is 2.24. The van der Waals surface area contributed by atoms with E-state index < -0.39 is 25.4 Å². The van der Waals surface area contributed by atoms with E-state index >= 15 is 0 Å². The van der Waals surface area contributed by atoms with Crippen molar-refractivity contribution in [2.24, 2.45) is 0 Å². The number of hydrogen-bond acceptors (Lipinski definition) is 5. The first-order chi connectivity index (χ1) is 9.63. The maximum absolute atomic E-state index is 12.2. The first-order valence-electron chi connectivity index (χ1n) is 6.54. The first-order valence-corrected chi connectivity index (χ1v) is 10.0. The third kappa shape index (κ3) is 4.50. The van der Waals surface area contributed by atoms with Crippen molar-refractivity contribution >= 4 is 19.9 Å². The van der Waals surface area contributed by atoms with E-state index in [-0.39, 0.29) is 30.3 Å². The molecule has 118 valence electrons. The largest absolute Gasteiger partial charge is 0.392 e. The number of aliphatic hydroxyl groups excluding tert-OH is 1. The van der Waals surface area contributed by atoms with Gasteiger partial charge in [0.15, 0.2) is 9.84 Å². The molecule has 21 heavy (non-hydrogen) atoms. The average Bonchev–Trinajstić information content (AvgIpc) is 2.61. The van der Waals surface area contributed by atoms with Gasteiger partial charge in [0.25, 0.3) is 0 Å². The van der Waals surface area contributed by atoms with Crippen molar-refractivity contribution in [1.82, 2.24) is 4.72 Å². The second kappa shape index (κ2) is 5.68. The number of aliphatic hydroxyl groups is 1.